The standard InChI is InChI=1S/C11H13F3N4O/c12-11(13,14)7-17-9(19)8-3-1-6-18(8)10-15-4-2-5-16-10/h2,4-5,8H,1,3,6-7H2,(H,17,19)/t8-/m0/s1. The second-order valence-electron chi connectivity index (χ2n) is 4.23. The molecule has 1 fully saturated rings. The fraction of sp³-hybridized carbons (Fsp3) is 0.545. The van der Waals surface area contributed by atoms with E-state index in [1.54, 1.807) is 11.0 Å². The van der Waals surface area contributed by atoms with Crippen LogP contribution in [0.25, 0.3) is 0 Å². The third-order valence-corrected chi connectivity index (χ3v) is 2.83. The van der Waals surface area contributed by atoms with E-state index in [1.165, 1.54) is 12.4 Å². The molecule has 0 unspecified atom stereocenters. The molecule has 8 heteroatoms. The van der Waals surface area contributed by atoms with Crippen molar-refractivity contribution in [3.8, 4) is 0 Å². The molecule has 1 aromatic rings. The molecule has 0 aliphatic carbocycles. The third kappa shape index (κ3) is 3.55. The van der Waals surface area contributed by atoms with Gasteiger partial charge < -0.3 is 10.2 Å². The Morgan fingerprint density at radius 2 is 2.11 bits per heavy atom. The van der Waals surface area contributed by atoms with Crippen LogP contribution in [0.15, 0.2) is 18.5 Å². The van der Waals surface area contributed by atoms with Gasteiger partial charge in [0.15, 0.2) is 0 Å². The van der Waals surface area contributed by atoms with Crippen LogP contribution in [0.2, 0.25) is 0 Å². The van der Waals surface area contributed by atoms with E-state index < -0.39 is 24.7 Å². The Morgan fingerprint density at radius 1 is 1.42 bits per heavy atom. The van der Waals surface area contributed by atoms with Gasteiger partial charge in [-0.1, -0.05) is 0 Å². The van der Waals surface area contributed by atoms with Crippen molar-refractivity contribution in [3.05, 3.63) is 18.5 Å². The van der Waals surface area contributed by atoms with E-state index in [-0.39, 0.29) is 0 Å². The van der Waals surface area contributed by atoms with Crippen LogP contribution in [0, 0.1) is 0 Å². The van der Waals surface area contributed by atoms with Crippen LogP contribution in [0.4, 0.5) is 19.1 Å². The minimum absolute atomic E-state index is 0.368. The number of anilines is 1. The van der Waals surface area contributed by atoms with Gasteiger partial charge in [-0.15, -0.1) is 0 Å². The molecule has 1 aliphatic rings. The van der Waals surface area contributed by atoms with Crippen molar-refractivity contribution in [3.63, 3.8) is 0 Å². The van der Waals surface area contributed by atoms with Crippen LogP contribution in [-0.4, -0.2) is 41.2 Å². The van der Waals surface area contributed by atoms with Gasteiger partial charge in [0.2, 0.25) is 11.9 Å². The highest BCUT2D eigenvalue weighted by atomic mass is 19.4. The Hall–Kier alpha value is -1.86. The summed E-state index contributed by atoms with van der Waals surface area (Å²) in [5.41, 5.74) is 0. The zero-order chi connectivity index (χ0) is 13.9. The van der Waals surface area contributed by atoms with E-state index in [0.717, 1.165) is 6.42 Å². The Kier molecular flexibility index (Phi) is 3.87. The van der Waals surface area contributed by atoms with Gasteiger partial charge >= 0.3 is 6.18 Å². The molecule has 0 spiro atoms. The Balaban J connectivity index is 2.01. The summed E-state index contributed by atoms with van der Waals surface area (Å²) in [5.74, 6) is -0.269. The van der Waals surface area contributed by atoms with E-state index >= 15 is 0 Å². The highest BCUT2D eigenvalue weighted by Crippen LogP contribution is 2.22. The molecule has 1 amide bonds. The fourth-order valence-corrected chi connectivity index (χ4v) is 2.02. The zero-order valence-corrected chi connectivity index (χ0v) is 10.0. The first-order valence-electron chi connectivity index (χ1n) is 5.85. The van der Waals surface area contributed by atoms with Crippen molar-refractivity contribution in [1.82, 2.24) is 15.3 Å². The number of hydrogen-bond donors (Lipinski definition) is 1. The molecule has 2 heterocycles. The second-order valence-corrected chi connectivity index (χ2v) is 4.23. The number of carbonyl (C=O) groups is 1. The van der Waals surface area contributed by atoms with Gasteiger partial charge in [0.05, 0.1) is 0 Å². The summed E-state index contributed by atoms with van der Waals surface area (Å²) in [6, 6.07) is 1.00. The minimum atomic E-state index is -4.40. The number of amides is 1. The van der Waals surface area contributed by atoms with E-state index in [4.69, 9.17) is 0 Å². The molecule has 1 N–H and O–H groups in total. The van der Waals surface area contributed by atoms with Crippen LogP contribution < -0.4 is 10.2 Å². The summed E-state index contributed by atoms with van der Waals surface area (Å²) in [4.78, 5) is 21.4. The van der Waals surface area contributed by atoms with Crippen LogP contribution in [0.5, 0.6) is 0 Å². The predicted molar refractivity (Wildman–Crippen MR) is 61.5 cm³/mol. The lowest BCUT2D eigenvalue weighted by Gasteiger charge is -2.23. The molecule has 1 atom stereocenters. The smallest absolute Gasteiger partial charge is 0.345 e. The number of hydrogen-bond acceptors (Lipinski definition) is 4. The average Bonchev–Trinajstić information content (AvgIpc) is 2.85. The van der Waals surface area contributed by atoms with Crippen LogP contribution in [0.3, 0.4) is 0 Å². The van der Waals surface area contributed by atoms with Gasteiger partial charge in [-0.3, -0.25) is 4.79 Å². The van der Waals surface area contributed by atoms with Gasteiger partial charge in [-0.25, -0.2) is 9.97 Å². The lowest BCUT2D eigenvalue weighted by atomic mass is 10.2. The molecular formula is C11H13F3N4O. The van der Waals surface area contributed by atoms with Crippen LogP contribution in [0.1, 0.15) is 12.8 Å². The molecule has 1 aliphatic heterocycles. The van der Waals surface area contributed by atoms with Crippen molar-refractivity contribution in [1.29, 1.82) is 0 Å². The van der Waals surface area contributed by atoms with Crippen molar-refractivity contribution in [2.75, 3.05) is 18.0 Å². The van der Waals surface area contributed by atoms with Crippen LogP contribution >= 0.6 is 0 Å². The monoisotopic (exact) mass is 274 g/mol. The number of alkyl halides is 3. The fourth-order valence-electron chi connectivity index (χ4n) is 2.02. The molecule has 0 bridgehead atoms. The SMILES string of the molecule is O=C(NCC(F)(F)F)[C@@H]1CCCN1c1ncccn1. The predicted octanol–water partition coefficient (Wildman–Crippen LogP) is 1.12. The number of halogens is 3. The summed E-state index contributed by atoms with van der Waals surface area (Å²) < 4.78 is 36.2. The van der Waals surface area contributed by atoms with Gasteiger partial charge in [-0.05, 0) is 18.9 Å². The number of nitrogens with one attached hydrogen (secondary N) is 1. The summed E-state index contributed by atoms with van der Waals surface area (Å²) >= 11 is 0. The van der Waals surface area contributed by atoms with E-state index in [2.05, 4.69) is 9.97 Å². The van der Waals surface area contributed by atoms with Gasteiger partial charge in [-0.2, -0.15) is 13.2 Å². The Labute approximate surface area is 107 Å². The van der Waals surface area contributed by atoms with Gasteiger partial charge in [0, 0.05) is 18.9 Å². The van der Waals surface area contributed by atoms with Gasteiger partial charge in [0.1, 0.15) is 12.6 Å². The van der Waals surface area contributed by atoms with Crippen molar-refractivity contribution < 1.29 is 18.0 Å². The third-order valence-electron chi connectivity index (χ3n) is 2.83. The first-order valence-corrected chi connectivity index (χ1v) is 5.85. The lowest BCUT2D eigenvalue weighted by Crippen LogP contribution is -2.46. The summed E-state index contributed by atoms with van der Waals surface area (Å²) in [6.45, 7) is -0.750. The highest BCUT2D eigenvalue weighted by molar-refractivity contribution is 5.85. The minimum Gasteiger partial charge on any atom is -0.345 e. The highest BCUT2D eigenvalue weighted by Gasteiger charge is 2.35. The molecular weight excluding hydrogens is 261 g/mol. The molecule has 0 saturated carbocycles. The lowest BCUT2D eigenvalue weighted by molar-refractivity contribution is -0.139. The summed E-state index contributed by atoms with van der Waals surface area (Å²) in [7, 11) is 0. The van der Waals surface area contributed by atoms with Crippen molar-refractivity contribution in [2.45, 2.75) is 25.1 Å². The number of aromatic nitrogens is 2. The molecule has 19 heavy (non-hydrogen) atoms. The van der Waals surface area contributed by atoms with E-state index in [1.807, 2.05) is 5.32 Å². The first-order chi connectivity index (χ1) is 8.97. The largest absolute Gasteiger partial charge is 0.405 e. The molecule has 0 aromatic carbocycles. The summed E-state index contributed by atoms with van der Waals surface area (Å²) in [5, 5.41) is 1.90. The topological polar surface area (TPSA) is 58.1 Å². The number of carbonyl (C=O) groups excluding carboxylic acids is 1. The van der Waals surface area contributed by atoms with Crippen molar-refractivity contribution in [2.24, 2.45) is 0 Å². The maximum absolute atomic E-state index is 12.1. The van der Waals surface area contributed by atoms with Gasteiger partial charge in [0.25, 0.3) is 0 Å². The second kappa shape index (κ2) is 5.41. The van der Waals surface area contributed by atoms with Crippen molar-refractivity contribution >= 4 is 11.9 Å². The molecule has 104 valence electrons. The number of nitrogens with zero attached hydrogens (tertiary/aromatic N) is 3. The quantitative estimate of drug-likeness (QED) is 0.897. The molecule has 1 aromatic heterocycles. The normalized spacial score (nSPS) is 19.5. The summed E-state index contributed by atoms with van der Waals surface area (Å²) in [6.07, 6.45) is -0.108. The van der Waals surface area contributed by atoms with E-state index in [0.29, 0.717) is 18.9 Å². The molecule has 5 nitrogen and oxygen atoms in total. The molecule has 0 radical (unpaired) electrons. The maximum Gasteiger partial charge on any atom is 0.405 e. The zero-order valence-electron chi connectivity index (χ0n) is 10.0. The van der Waals surface area contributed by atoms with E-state index in [9.17, 15) is 18.0 Å². The Bertz CT molecular complexity index is 437. The Morgan fingerprint density at radius 3 is 2.74 bits per heavy atom. The number of rotatable bonds is 3. The molecule has 1 saturated heterocycles. The first kappa shape index (κ1) is 13.6. The maximum atomic E-state index is 12.1. The van der Waals surface area contributed by atoms with Crippen LogP contribution in [-0.2, 0) is 4.79 Å². The molecule has 2 rings (SSSR count). The average molecular weight is 274 g/mol.